The van der Waals surface area contributed by atoms with Crippen LogP contribution in [0.4, 0.5) is 4.79 Å². The van der Waals surface area contributed by atoms with Crippen LogP contribution >= 0.6 is 0 Å². The molecule has 0 aliphatic heterocycles. The lowest BCUT2D eigenvalue weighted by atomic mass is 10.0. The first-order chi connectivity index (χ1) is 15.6. The molecule has 0 saturated carbocycles. The Balaban J connectivity index is 1.34. The van der Waals surface area contributed by atoms with E-state index in [0.717, 1.165) is 38.6 Å². The van der Waals surface area contributed by atoms with Crippen molar-refractivity contribution in [3.8, 4) is 11.1 Å². The van der Waals surface area contributed by atoms with Crippen LogP contribution in [-0.2, 0) is 16.0 Å². The summed E-state index contributed by atoms with van der Waals surface area (Å²) in [5, 5.41) is 14.3. The molecule has 158 valence electrons. The van der Waals surface area contributed by atoms with Gasteiger partial charge in [-0.25, -0.2) is 9.59 Å². The predicted molar refractivity (Wildman–Crippen MR) is 122 cm³/mol. The van der Waals surface area contributed by atoms with Crippen molar-refractivity contribution < 1.29 is 19.4 Å². The monoisotopic (exact) mass is 423 g/mol. The largest absolute Gasteiger partial charge is 0.480 e. The molecule has 0 fully saturated rings. The molecule has 2 N–H and O–H groups in total. The lowest BCUT2D eigenvalue weighted by molar-refractivity contribution is -0.139. The van der Waals surface area contributed by atoms with Gasteiger partial charge in [-0.3, -0.25) is 0 Å². The topological polar surface area (TPSA) is 75.6 Å². The molecule has 1 aliphatic rings. The van der Waals surface area contributed by atoms with Crippen molar-refractivity contribution in [2.75, 3.05) is 0 Å². The van der Waals surface area contributed by atoms with Crippen LogP contribution < -0.4 is 5.32 Å². The van der Waals surface area contributed by atoms with Gasteiger partial charge in [0.2, 0.25) is 0 Å². The second-order valence-corrected chi connectivity index (χ2v) is 7.88. The summed E-state index contributed by atoms with van der Waals surface area (Å²) in [5.41, 5.74) is 4.65. The van der Waals surface area contributed by atoms with Crippen LogP contribution in [0.5, 0.6) is 0 Å². The molecule has 5 nitrogen and oxygen atoms in total. The van der Waals surface area contributed by atoms with E-state index in [9.17, 15) is 14.7 Å². The van der Waals surface area contributed by atoms with Gasteiger partial charge in [-0.15, -0.1) is 0 Å². The SMILES string of the molecule is O=C(N[C@@H](Cc1ccc2ccccc2c1)C(=O)O)OC1c2ccccc2-c2ccccc21. The van der Waals surface area contributed by atoms with Crippen LogP contribution in [-0.4, -0.2) is 23.2 Å². The van der Waals surface area contributed by atoms with Gasteiger partial charge >= 0.3 is 12.1 Å². The van der Waals surface area contributed by atoms with Gasteiger partial charge in [0, 0.05) is 17.5 Å². The molecule has 1 aliphatic carbocycles. The van der Waals surface area contributed by atoms with Crippen molar-refractivity contribution in [1.82, 2.24) is 5.32 Å². The highest BCUT2D eigenvalue weighted by Gasteiger charge is 2.32. The van der Waals surface area contributed by atoms with Gasteiger partial charge in [-0.05, 0) is 27.5 Å². The zero-order valence-corrected chi connectivity index (χ0v) is 17.2. The maximum atomic E-state index is 12.7. The summed E-state index contributed by atoms with van der Waals surface area (Å²) in [6, 6.07) is 28.1. The quantitative estimate of drug-likeness (QED) is 0.455. The number of ether oxygens (including phenoxy) is 1. The van der Waals surface area contributed by atoms with Crippen LogP contribution in [0, 0.1) is 0 Å². The second-order valence-electron chi connectivity index (χ2n) is 7.88. The zero-order chi connectivity index (χ0) is 22.1. The summed E-state index contributed by atoms with van der Waals surface area (Å²) in [6.07, 6.45) is -1.17. The molecule has 0 saturated heterocycles. The third-order valence-corrected chi connectivity index (χ3v) is 5.85. The van der Waals surface area contributed by atoms with Gasteiger partial charge in [0.05, 0.1) is 0 Å². The summed E-state index contributed by atoms with van der Waals surface area (Å²) in [5.74, 6) is -1.11. The average Bonchev–Trinajstić information content (AvgIpc) is 3.12. The van der Waals surface area contributed by atoms with E-state index in [2.05, 4.69) is 5.32 Å². The van der Waals surface area contributed by atoms with E-state index < -0.39 is 24.2 Å². The molecule has 1 amide bonds. The predicted octanol–water partition coefficient (Wildman–Crippen LogP) is 5.33. The Morgan fingerprint density at radius 2 is 1.41 bits per heavy atom. The molecule has 0 aromatic heterocycles. The molecule has 1 atom stereocenters. The molecule has 4 aromatic rings. The van der Waals surface area contributed by atoms with Crippen molar-refractivity contribution >= 4 is 22.8 Å². The summed E-state index contributed by atoms with van der Waals surface area (Å²) in [7, 11) is 0. The number of nitrogens with one attached hydrogen (secondary N) is 1. The van der Waals surface area contributed by atoms with E-state index in [4.69, 9.17) is 4.74 Å². The third-order valence-electron chi connectivity index (χ3n) is 5.85. The number of hydrogen-bond donors (Lipinski definition) is 2. The maximum absolute atomic E-state index is 12.7. The van der Waals surface area contributed by atoms with Crippen molar-refractivity contribution in [1.29, 1.82) is 0 Å². The van der Waals surface area contributed by atoms with E-state index in [1.807, 2.05) is 91.0 Å². The number of carboxylic acid groups (broad SMARTS) is 1. The minimum atomic E-state index is -1.11. The molecule has 32 heavy (non-hydrogen) atoms. The third kappa shape index (κ3) is 3.69. The van der Waals surface area contributed by atoms with E-state index >= 15 is 0 Å². The lowest BCUT2D eigenvalue weighted by Gasteiger charge is -2.19. The maximum Gasteiger partial charge on any atom is 0.408 e. The van der Waals surface area contributed by atoms with E-state index in [1.165, 1.54) is 0 Å². The van der Waals surface area contributed by atoms with Crippen LogP contribution in [0.25, 0.3) is 21.9 Å². The molecular weight excluding hydrogens is 402 g/mol. The fourth-order valence-electron chi connectivity index (χ4n) is 4.32. The molecular formula is C27H21NO4. The van der Waals surface area contributed by atoms with Gasteiger partial charge in [0.25, 0.3) is 0 Å². The highest BCUT2D eigenvalue weighted by atomic mass is 16.6. The van der Waals surface area contributed by atoms with Crippen molar-refractivity contribution in [2.24, 2.45) is 0 Å². The van der Waals surface area contributed by atoms with Gasteiger partial charge in [0.15, 0.2) is 6.10 Å². The van der Waals surface area contributed by atoms with Gasteiger partial charge in [-0.1, -0.05) is 91.0 Å². The Bertz CT molecular complexity index is 1280. The fraction of sp³-hybridized carbons (Fsp3) is 0.111. The fourth-order valence-corrected chi connectivity index (χ4v) is 4.32. The number of alkyl carbamates (subject to hydrolysis) is 1. The molecule has 5 rings (SSSR count). The first kappa shape index (κ1) is 19.8. The van der Waals surface area contributed by atoms with Crippen molar-refractivity contribution in [3.05, 3.63) is 108 Å². The van der Waals surface area contributed by atoms with E-state index in [0.29, 0.717) is 0 Å². The summed E-state index contributed by atoms with van der Waals surface area (Å²) >= 11 is 0. The van der Waals surface area contributed by atoms with Crippen molar-refractivity contribution in [3.63, 3.8) is 0 Å². The Labute approximate surface area is 185 Å². The highest BCUT2D eigenvalue weighted by Crippen LogP contribution is 2.45. The molecule has 0 bridgehead atoms. The van der Waals surface area contributed by atoms with Gasteiger partial charge in [0.1, 0.15) is 6.04 Å². The Morgan fingerprint density at radius 1 is 0.812 bits per heavy atom. The van der Waals surface area contributed by atoms with Crippen molar-refractivity contribution in [2.45, 2.75) is 18.6 Å². The molecule has 0 radical (unpaired) electrons. The Morgan fingerprint density at radius 3 is 2.06 bits per heavy atom. The number of amides is 1. The Kier molecular flexibility index (Phi) is 5.07. The summed E-state index contributed by atoms with van der Waals surface area (Å²) in [6.45, 7) is 0. The van der Waals surface area contributed by atoms with Gasteiger partial charge < -0.3 is 15.2 Å². The number of fused-ring (bicyclic) bond motifs is 4. The normalized spacial score (nSPS) is 13.2. The van der Waals surface area contributed by atoms with E-state index in [1.54, 1.807) is 0 Å². The smallest absolute Gasteiger partial charge is 0.408 e. The first-order valence-corrected chi connectivity index (χ1v) is 10.5. The number of carbonyl (C=O) groups is 2. The molecule has 5 heteroatoms. The minimum absolute atomic E-state index is 0.160. The number of benzene rings is 4. The van der Waals surface area contributed by atoms with Crippen LogP contribution in [0.15, 0.2) is 91.0 Å². The number of hydrogen-bond acceptors (Lipinski definition) is 3. The standard InChI is InChI=1S/C27H21NO4/c29-26(30)24(16-17-13-14-18-7-1-2-8-19(18)15-17)28-27(31)32-25-22-11-5-3-9-20(22)21-10-4-6-12-23(21)25/h1-15,24-25H,16H2,(H,28,31)(H,29,30)/t24-/m0/s1. The van der Waals surface area contributed by atoms with E-state index in [-0.39, 0.29) is 6.42 Å². The zero-order valence-electron chi connectivity index (χ0n) is 17.2. The van der Waals surface area contributed by atoms with Crippen LogP contribution in [0.3, 0.4) is 0 Å². The molecule has 0 spiro atoms. The van der Waals surface area contributed by atoms with Crippen LogP contribution in [0.1, 0.15) is 22.8 Å². The second kappa shape index (κ2) is 8.19. The van der Waals surface area contributed by atoms with Crippen LogP contribution in [0.2, 0.25) is 0 Å². The summed E-state index contributed by atoms with van der Waals surface area (Å²) in [4.78, 5) is 24.6. The number of rotatable bonds is 5. The number of carboxylic acids is 1. The molecule has 0 unspecified atom stereocenters. The number of carbonyl (C=O) groups excluding carboxylic acids is 1. The lowest BCUT2D eigenvalue weighted by Crippen LogP contribution is -2.42. The molecule has 0 heterocycles. The highest BCUT2D eigenvalue weighted by molar-refractivity contribution is 5.84. The molecule has 4 aromatic carbocycles. The van der Waals surface area contributed by atoms with Gasteiger partial charge in [-0.2, -0.15) is 0 Å². The average molecular weight is 423 g/mol. The Hall–Kier alpha value is -4.12. The minimum Gasteiger partial charge on any atom is -0.480 e. The first-order valence-electron chi connectivity index (χ1n) is 10.5. The summed E-state index contributed by atoms with van der Waals surface area (Å²) < 4.78 is 5.74. The number of aliphatic carboxylic acids is 1.